The van der Waals surface area contributed by atoms with Crippen LogP contribution >= 0.6 is 11.3 Å². The van der Waals surface area contributed by atoms with E-state index in [4.69, 9.17) is 0 Å². The highest BCUT2D eigenvalue weighted by Crippen LogP contribution is 2.20. The zero-order valence-electron chi connectivity index (χ0n) is 14.1. The van der Waals surface area contributed by atoms with Crippen LogP contribution in [0.4, 0.5) is 5.69 Å². The van der Waals surface area contributed by atoms with Gasteiger partial charge in [-0.2, -0.15) is 0 Å². The van der Waals surface area contributed by atoms with Crippen LogP contribution in [0.5, 0.6) is 0 Å². The van der Waals surface area contributed by atoms with Crippen LogP contribution in [-0.2, 0) is 11.3 Å². The molecule has 0 bridgehead atoms. The fourth-order valence-electron chi connectivity index (χ4n) is 2.58. The maximum absolute atomic E-state index is 12.6. The van der Waals surface area contributed by atoms with Crippen molar-refractivity contribution in [3.05, 3.63) is 57.0 Å². The van der Waals surface area contributed by atoms with Crippen molar-refractivity contribution < 1.29 is 9.59 Å². The molecular formula is C18H17N3O3S. The Bertz CT molecular complexity index is 1050. The van der Waals surface area contributed by atoms with Gasteiger partial charge in [-0.3, -0.25) is 19.0 Å². The largest absolute Gasteiger partial charge is 0.325 e. The molecule has 0 unspecified atom stereocenters. The molecule has 0 fully saturated rings. The zero-order valence-corrected chi connectivity index (χ0v) is 14.9. The molecule has 6 nitrogen and oxygen atoms in total. The lowest BCUT2D eigenvalue weighted by atomic mass is 10.1. The van der Waals surface area contributed by atoms with Gasteiger partial charge >= 0.3 is 0 Å². The standard InChI is InChI=1S/C18H17N3O3S/c1-10-7-15-17(25-10)19-12(3)21(18(15)24)9-16(23)20-14-6-4-5-13(8-14)11(2)22/h4-8H,9H2,1-3H3,(H,20,23). The van der Waals surface area contributed by atoms with Crippen LogP contribution in [0.1, 0.15) is 28.0 Å². The number of carbonyl (C=O) groups is 2. The Balaban J connectivity index is 1.86. The van der Waals surface area contributed by atoms with Crippen LogP contribution in [0.3, 0.4) is 0 Å². The van der Waals surface area contributed by atoms with Gasteiger partial charge in [0.15, 0.2) is 5.78 Å². The van der Waals surface area contributed by atoms with Crippen LogP contribution in [0.25, 0.3) is 10.2 Å². The summed E-state index contributed by atoms with van der Waals surface area (Å²) in [5.74, 6) is 0.0663. The minimum atomic E-state index is -0.348. The minimum Gasteiger partial charge on any atom is -0.325 e. The summed E-state index contributed by atoms with van der Waals surface area (Å²) >= 11 is 1.46. The number of rotatable bonds is 4. The maximum Gasteiger partial charge on any atom is 0.262 e. The van der Waals surface area contributed by atoms with Gasteiger partial charge in [0.1, 0.15) is 17.2 Å². The number of ketones is 1. The van der Waals surface area contributed by atoms with Crippen molar-refractivity contribution in [3.8, 4) is 0 Å². The number of thiophene rings is 1. The summed E-state index contributed by atoms with van der Waals surface area (Å²) in [7, 11) is 0. The Labute approximate surface area is 148 Å². The topological polar surface area (TPSA) is 81.1 Å². The van der Waals surface area contributed by atoms with Crippen LogP contribution < -0.4 is 10.9 Å². The summed E-state index contributed by atoms with van der Waals surface area (Å²) < 4.78 is 1.36. The van der Waals surface area contributed by atoms with E-state index in [1.54, 1.807) is 37.3 Å². The lowest BCUT2D eigenvalue weighted by molar-refractivity contribution is -0.116. The number of amides is 1. The Kier molecular flexibility index (Phi) is 4.50. The number of hydrogen-bond acceptors (Lipinski definition) is 5. The van der Waals surface area contributed by atoms with Gasteiger partial charge in [-0.25, -0.2) is 4.98 Å². The molecule has 0 aliphatic carbocycles. The van der Waals surface area contributed by atoms with E-state index in [1.807, 2.05) is 6.92 Å². The fourth-order valence-corrected chi connectivity index (χ4v) is 3.50. The Hall–Kier alpha value is -2.80. The third-order valence-corrected chi connectivity index (χ3v) is 4.76. The van der Waals surface area contributed by atoms with Gasteiger partial charge in [-0.05, 0) is 39.0 Å². The second-order valence-corrected chi connectivity index (χ2v) is 7.05. The highest BCUT2D eigenvalue weighted by molar-refractivity contribution is 7.18. The first-order valence-electron chi connectivity index (χ1n) is 7.73. The molecule has 2 heterocycles. The van der Waals surface area contributed by atoms with Gasteiger partial charge in [0, 0.05) is 16.1 Å². The van der Waals surface area contributed by atoms with Crippen LogP contribution in [0.15, 0.2) is 35.1 Å². The molecule has 0 aliphatic heterocycles. The number of fused-ring (bicyclic) bond motifs is 1. The number of nitrogens with one attached hydrogen (secondary N) is 1. The molecule has 0 aliphatic rings. The quantitative estimate of drug-likeness (QED) is 0.730. The maximum atomic E-state index is 12.6. The molecule has 25 heavy (non-hydrogen) atoms. The Morgan fingerprint density at radius 1 is 1.24 bits per heavy atom. The van der Waals surface area contributed by atoms with Crippen molar-refractivity contribution >= 4 is 38.9 Å². The minimum absolute atomic E-state index is 0.0781. The first-order chi connectivity index (χ1) is 11.8. The van der Waals surface area contributed by atoms with Crippen molar-refractivity contribution in [2.24, 2.45) is 0 Å². The van der Waals surface area contributed by atoms with E-state index >= 15 is 0 Å². The molecular weight excluding hydrogens is 338 g/mol. The molecule has 3 rings (SSSR count). The van der Waals surface area contributed by atoms with Gasteiger partial charge in [0.25, 0.3) is 5.56 Å². The average Bonchev–Trinajstić information content (AvgIpc) is 2.92. The van der Waals surface area contributed by atoms with Crippen molar-refractivity contribution in [3.63, 3.8) is 0 Å². The monoisotopic (exact) mass is 355 g/mol. The Morgan fingerprint density at radius 3 is 2.72 bits per heavy atom. The van der Waals surface area contributed by atoms with Gasteiger partial charge in [0.05, 0.1) is 5.39 Å². The van der Waals surface area contributed by atoms with E-state index in [9.17, 15) is 14.4 Å². The number of anilines is 1. The van der Waals surface area contributed by atoms with E-state index in [1.165, 1.54) is 22.8 Å². The SMILES string of the molecule is CC(=O)c1cccc(NC(=O)Cn2c(C)nc3sc(C)cc3c2=O)c1. The number of nitrogens with zero attached hydrogens (tertiary/aromatic N) is 2. The van der Waals surface area contributed by atoms with Gasteiger partial charge in [-0.15, -0.1) is 11.3 Å². The number of aryl methyl sites for hydroxylation is 2. The molecule has 128 valence electrons. The summed E-state index contributed by atoms with van der Waals surface area (Å²) in [6.45, 7) is 4.96. The molecule has 3 aromatic rings. The van der Waals surface area contributed by atoms with E-state index in [0.717, 1.165) is 4.88 Å². The highest BCUT2D eigenvalue weighted by Gasteiger charge is 2.13. The number of hydrogen-bond donors (Lipinski definition) is 1. The number of Topliss-reactive ketones (excluding diaryl/α,β-unsaturated/α-hetero) is 1. The zero-order chi connectivity index (χ0) is 18.1. The van der Waals surface area contributed by atoms with Gasteiger partial charge < -0.3 is 5.32 Å². The number of benzene rings is 1. The predicted molar refractivity (Wildman–Crippen MR) is 98.4 cm³/mol. The third kappa shape index (κ3) is 3.51. The van der Waals surface area contributed by atoms with Gasteiger partial charge in [0.2, 0.25) is 5.91 Å². The molecule has 1 aromatic carbocycles. The molecule has 1 amide bonds. The summed E-state index contributed by atoms with van der Waals surface area (Å²) in [5.41, 5.74) is 0.811. The summed E-state index contributed by atoms with van der Waals surface area (Å²) in [5, 5.41) is 3.24. The summed E-state index contributed by atoms with van der Waals surface area (Å²) in [4.78, 5) is 42.5. The first-order valence-corrected chi connectivity index (χ1v) is 8.55. The van der Waals surface area contributed by atoms with Crippen molar-refractivity contribution in [2.45, 2.75) is 27.3 Å². The van der Waals surface area contributed by atoms with E-state index < -0.39 is 0 Å². The van der Waals surface area contributed by atoms with E-state index in [-0.39, 0.29) is 23.8 Å². The first kappa shape index (κ1) is 17.0. The van der Waals surface area contributed by atoms with Crippen LogP contribution in [0, 0.1) is 13.8 Å². The molecule has 0 atom stereocenters. The second kappa shape index (κ2) is 6.60. The molecule has 0 saturated carbocycles. The third-order valence-electron chi connectivity index (χ3n) is 3.82. The predicted octanol–water partition coefficient (Wildman–Crippen LogP) is 2.92. The lowest BCUT2D eigenvalue weighted by Crippen LogP contribution is -2.29. The molecule has 7 heteroatoms. The normalized spacial score (nSPS) is 10.8. The highest BCUT2D eigenvalue weighted by atomic mass is 32.1. The van der Waals surface area contributed by atoms with Crippen LogP contribution in [0.2, 0.25) is 0 Å². The Morgan fingerprint density at radius 2 is 2.00 bits per heavy atom. The molecule has 1 N–H and O–H groups in total. The second-order valence-electron chi connectivity index (χ2n) is 5.81. The molecule has 0 radical (unpaired) electrons. The summed E-state index contributed by atoms with van der Waals surface area (Å²) in [6, 6.07) is 8.48. The van der Waals surface area contributed by atoms with Crippen molar-refractivity contribution in [1.82, 2.24) is 9.55 Å². The van der Waals surface area contributed by atoms with E-state index in [0.29, 0.717) is 27.3 Å². The lowest BCUT2D eigenvalue weighted by Gasteiger charge is -2.10. The molecule has 2 aromatic heterocycles. The van der Waals surface area contributed by atoms with Gasteiger partial charge in [-0.1, -0.05) is 12.1 Å². The average molecular weight is 355 g/mol. The molecule has 0 spiro atoms. The number of aromatic nitrogens is 2. The smallest absolute Gasteiger partial charge is 0.262 e. The summed E-state index contributed by atoms with van der Waals surface area (Å²) in [6.07, 6.45) is 0. The van der Waals surface area contributed by atoms with Crippen molar-refractivity contribution in [1.29, 1.82) is 0 Å². The van der Waals surface area contributed by atoms with Crippen LogP contribution in [-0.4, -0.2) is 21.2 Å². The fraction of sp³-hybridized carbons (Fsp3) is 0.222. The van der Waals surface area contributed by atoms with E-state index in [2.05, 4.69) is 10.3 Å². The van der Waals surface area contributed by atoms with Crippen molar-refractivity contribution in [2.75, 3.05) is 5.32 Å². The number of carbonyl (C=O) groups excluding carboxylic acids is 2. The molecule has 0 saturated heterocycles.